The molecule has 1 amide bonds. The number of carbonyl (C=O) groups excluding carboxylic acids is 1. The molecule has 0 aromatic heterocycles. The Bertz CT molecular complexity index is 1390. The van der Waals surface area contributed by atoms with Crippen molar-refractivity contribution in [2.24, 2.45) is 4.40 Å². The van der Waals surface area contributed by atoms with E-state index in [9.17, 15) is 21.6 Å². The van der Waals surface area contributed by atoms with Crippen molar-refractivity contribution < 1.29 is 21.6 Å². The average molecular weight is 518 g/mol. The Morgan fingerprint density at radius 2 is 1.80 bits per heavy atom. The van der Waals surface area contributed by atoms with Crippen LogP contribution in [-0.4, -0.2) is 58.9 Å². The van der Waals surface area contributed by atoms with Gasteiger partial charge >= 0.3 is 0 Å². The van der Waals surface area contributed by atoms with Crippen LogP contribution >= 0.6 is 0 Å². The topological polar surface area (TPSA) is 149 Å². The van der Waals surface area contributed by atoms with Crippen LogP contribution in [0.25, 0.3) is 0 Å². The van der Waals surface area contributed by atoms with E-state index in [1.54, 1.807) is 12.1 Å². The number of nitrogens with one attached hydrogen (secondary N) is 3. The summed E-state index contributed by atoms with van der Waals surface area (Å²) >= 11 is 0. The van der Waals surface area contributed by atoms with Gasteiger partial charge in [0.2, 0.25) is 0 Å². The van der Waals surface area contributed by atoms with Gasteiger partial charge in [0.1, 0.15) is 9.79 Å². The minimum Gasteiger partial charge on any atom is -0.360 e. The standard InChI is InChI=1S/C23H27N5O5S2/c24-21-13-2-1-7-15-28(21)16-8-14-25-23(29)18-10-4-6-12-20(18)35(32,33)27-22-17-9-3-5-11-19(17)34(30,31)26-22/h3-6,9-12,24H,1-2,7-8,13-16H2,(H,25,29)(H,26,27). The quantitative estimate of drug-likeness (QED) is 0.479. The SMILES string of the molecule is N=C1CCCCCN1CCCNC(=O)c1ccccc1S(=O)(=O)NC1=NS(=O)(=O)c2ccccc21. The summed E-state index contributed by atoms with van der Waals surface area (Å²) in [5.41, 5.74) is 0.0920. The van der Waals surface area contributed by atoms with Gasteiger partial charge in [0, 0.05) is 31.6 Å². The molecule has 186 valence electrons. The Morgan fingerprint density at radius 3 is 2.63 bits per heavy atom. The molecule has 10 nitrogen and oxygen atoms in total. The highest BCUT2D eigenvalue weighted by Gasteiger charge is 2.32. The maximum absolute atomic E-state index is 13.1. The highest BCUT2D eigenvalue weighted by atomic mass is 32.2. The molecule has 1 saturated heterocycles. The van der Waals surface area contributed by atoms with Crippen LogP contribution in [0.1, 0.15) is 48.0 Å². The molecule has 0 aliphatic carbocycles. The van der Waals surface area contributed by atoms with Crippen LogP contribution in [0.4, 0.5) is 0 Å². The van der Waals surface area contributed by atoms with Gasteiger partial charge in [-0.25, -0.2) is 8.42 Å². The third-order valence-electron chi connectivity index (χ3n) is 5.90. The van der Waals surface area contributed by atoms with Gasteiger partial charge in [-0.05, 0) is 43.5 Å². The van der Waals surface area contributed by atoms with Gasteiger partial charge in [-0.15, -0.1) is 4.40 Å². The van der Waals surface area contributed by atoms with Crippen LogP contribution in [0.3, 0.4) is 0 Å². The first kappa shape index (κ1) is 24.9. The van der Waals surface area contributed by atoms with Crippen LogP contribution < -0.4 is 10.0 Å². The molecular formula is C23H27N5O5S2. The second-order valence-electron chi connectivity index (χ2n) is 8.37. The minimum atomic E-state index is -4.31. The average Bonchev–Trinajstić information content (AvgIpc) is 2.95. The van der Waals surface area contributed by atoms with E-state index in [2.05, 4.69) is 14.4 Å². The van der Waals surface area contributed by atoms with E-state index in [1.165, 1.54) is 36.4 Å². The fourth-order valence-corrected chi connectivity index (χ4v) is 6.59. The second kappa shape index (κ2) is 10.2. The molecule has 3 N–H and O–H groups in total. The van der Waals surface area contributed by atoms with Gasteiger partial charge in [-0.2, -0.15) is 8.42 Å². The van der Waals surface area contributed by atoms with Crippen molar-refractivity contribution in [3.63, 3.8) is 0 Å². The molecule has 0 unspecified atom stereocenters. The first-order chi connectivity index (χ1) is 16.7. The molecule has 0 bridgehead atoms. The van der Waals surface area contributed by atoms with Crippen LogP contribution in [-0.2, 0) is 20.0 Å². The summed E-state index contributed by atoms with van der Waals surface area (Å²) in [6.07, 6.45) is 4.56. The maximum atomic E-state index is 13.1. The molecule has 2 aromatic rings. The van der Waals surface area contributed by atoms with E-state index in [0.29, 0.717) is 25.3 Å². The number of carbonyl (C=O) groups is 1. The summed E-state index contributed by atoms with van der Waals surface area (Å²) in [5, 5.41) is 10.9. The van der Waals surface area contributed by atoms with E-state index in [4.69, 9.17) is 5.41 Å². The lowest BCUT2D eigenvalue weighted by atomic mass is 10.2. The Balaban J connectivity index is 1.45. The maximum Gasteiger partial charge on any atom is 0.285 e. The number of hydrogen-bond acceptors (Lipinski definition) is 6. The molecule has 2 aromatic carbocycles. The molecule has 4 rings (SSSR count). The Labute approximate surface area is 205 Å². The van der Waals surface area contributed by atoms with Crippen molar-refractivity contribution in [3.8, 4) is 0 Å². The van der Waals surface area contributed by atoms with Gasteiger partial charge in [-0.3, -0.25) is 14.9 Å². The predicted octanol–water partition coefficient (Wildman–Crippen LogP) is 2.09. The summed E-state index contributed by atoms with van der Waals surface area (Å²) in [7, 11) is -8.32. The minimum absolute atomic E-state index is 0.0581. The molecule has 2 heterocycles. The molecule has 0 atom stereocenters. The summed E-state index contributed by atoms with van der Waals surface area (Å²) in [6.45, 7) is 1.80. The monoisotopic (exact) mass is 517 g/mol. The molecular weight excluding hydrogens is 490 g/mol. The predicted molar refractivity (Wildman–Crippen MR) is 132 cm³/mol. The number of benzene rings is 2. The van der Waals surface area contributed by atoms with Crippen LogP contribution in [0.15, 0.2) is 62.7 Å². The highest BCUT2D eigenvalue weighted by molar-refractivity contribution is 7.92. The Hall–Kier alpha value is -3.25. The van der Waals surface area contributed by atoms with Gasteiger partial charge < -0.3 is 10.2 Å². The summed E-state index contributed by atoms with van der Waals surface area (Å²) < 4.78 is 56.6. The van der Waals surface area contributed by atoms with E-state index in [0.717, 1.165) is 32.2 Å². The number of amides is 1. The number of amidine groups is 2. The molecule has 12 heteroatoms. The van der Waals surface area contributed by atoms with Gasteiger partial charge in [0.25, 0.3) is 26.0 Å². The van der Waals surface area contributed by atoms with Crippen molar-refractivity contribution in [2.75, 3.05) is 19.6 Å². The normalized spacial score (nSPS) is 17.3. The molecule has 0 radical (unpaired) electrons. The van der Waals surface area contributed by atoms with Crippen LogP contribution in [0.2, 0.25) is 0 Å². The van der Waals surface area contributed by atoms with Crippen molar-refractivity contribution in [1.82, 2.24) is 14.9 Å². The fourth-order valence-electron chi connectivity index (χ4n) is 4.13. The third kappa shape index (κ3) is 5.54. The van der Waals surface area contributed by atoms with Crippen molar-refractivity contribution in [1.29, 1.82) is 5.41 Å². The van der Waals surface area contributed by atoms with E-state index < -0.39 is 26.0 Å². The van der Waals surface area contributed by atoms with Crippen molar-refractivity contribution in [3.05, 3.63) is 59.7 Å². The fraction of sp³-hybridized carbons (Fsp3) is 0.348. The number of hydrogen-bond donors (Lipinski definition) is 3. The van der Waals surface area contributed by atoms with Crippen LogP contribution in [0, 0.1) is 5.41 Å². The first-order valence-corrected chi connectivity index (χ1v) is 14.3. The van der Waals surface area contributed by atoms with Gasteiger partial charge in [-0.1, -0.05) is 30.7 Å². The zero-order chi connectivity index (χ0) is 25.1. The molecule has 0 saturated carbocycles. The number of nitrogens with zero attached hydrogens (tertiary/aromatic N) is 2. The van der Waals surface area contributed by atoms with Crippen molar-refractivity contribution in [2.45, 2.75) is 41.9 Å². The smallest absolute Gasteiger partial charge is 0.285 e. The first-order valence-electron chi connectivity index (χ1n) is 11.4. The lowest BCUT2D eigenvalue weighted by Gasteiger charge is -2.23. The number of sulfonamides is 2. The summed E-state index contributed by atoms with van der Waals surface area (Å²) in [6, 6.07) is 11.6. The van der Waals surface area contributed by atoms with E-state index in [1.807, 2.05) is 4.90 Å². The van der Waals surface area contributed by atoms with Gasteiger partial charge in [0.05, 0.1) is 11.4 Å². The Kier molecular flexibility index (Phi) is 7.22. The molecule has 1 fully saturated rings. The Morgan fingerprint density at radius 1 is 1.06 bits per heavy atom. The largest absolute Gasteiger partial charge is 0.360 e. The van der Waals surface area contributed by atoms with Gasteiger partial charge in [0.15, 0.2) is 5.84 Å². The van der Waals surface area contributed by atoms with Crippen LogP contribution in [0.5, 0.6) is 0 Å². The highest BCUT2D eigenvalue weighted by Crippen LogP contribution is 2.26. The molecule has 35 heavy (non-hydrogen) atoms. The number of fused-ring (bicyclic) bond motifs is 1. The zero-order valence-electron chi connectivity index (χ0n) is 19.0. The third-order valence-corrected chi connectivity index (χ3v) is 8.63. The second-order valence-corrected chi connectivity index (χ2v) is 11.6. The number of likely N-dealkylation sites (tertiary alicyclic amines) is 1. The van der Waals surface area contributed by atoms with E-state index >= 15 is 0 Å². The zero-order valence-corrected chi connectivity index (χ0v) is 20.7. The lowest BCUT2D eigenvalue weighted by Crippen LogP contribution is -2.35. The molecule has 2 aliphatic rings. The summed E-state index contributed by atoms with van der Waals surface area (Å²) in [4.78, 5) is 14.5. The number of rotatable bonds is 7. The van der Waals surface area contributed by atoms with E-state index in [-0.39, 0.29) is 26.8 Å². The summed E-state index contributed by atoms with van der Waals surface area (Å²) in [5.74, 6) is -0.247. The lowest BCUT2D eigenvalue weighted by molar-refractivity contribution is 0.0949. The molecule has 0 spiro atoms. The van der Waals surface area contributed by atoms with Crippen molar-refractivity contribution >= 4 is 37.6 Å². The molecule has 2 aliphatic heterocycles.